The Kier molecular flexibility index (Phi) is 3.62. The van der Waals surface area contributed by atoms with Gasteiger partial charge in [0.1, 0.15) is 0 Å². The molecule has 0 fully saturated rings. The van der Waals surface area contributed by atoms with Gasteiger partial charge in [0.15, 0.2) is 0 Å². The van der Waals surface area contributed by atoms with Crippen LogP contribution in [-0.2, 0) is 0 Å². The summed E-state index contributed by atoms with van der Waals surface area (Å²) in [5.41, 5.74) is 5.28. The molecule has 0 unspecified atom stereocenters. The van der Waals surface area contributed by atoms with Crippen molar-refractivity contribution in [3.63, 3.8) is 0 Å². The van der Waals surface area contributed by atoms with E-state index in [2.05, 4.69) is 15.2 Å². The lowest BCUT2D eigenvalue weighted by molar-refractivity contribution is 0.0756. The van der Waals surface area contributed by atoms with E-state index in [0.717, 1.165) is 0 Å². The van der Waals surface area contributed by atoms with Crippen molar-refractivity contribution in [3.05, 3.63) is 5.82 Å². The second kappa shape index (κ2) is 4.95. The molecule has 0 radical (unpaired) electrons. The number of hydrogen-bond donors (Lipinski definition) is 2. The first-order valence-electron chi connectivity index (χ1n) is 4.53. The molecule has 7 nitrogen and oxygen atoms in total. The highest BCUT2D eigenvalue weighted by Crippen LogP contribution is 2.01. The van der Waals surface area contributed by atoms with Crippen molar-refractivity contribution < 1.29 is 4.79 Å². The van der Waals surface area contributed by atoms with Crippen LogP contribution in [0.15, 0.2) is 0 Å². The van der Waals surface area contributed by atoms with Gasteiger partial charge in [-0.25, -0.2) is 0 Å². The van der Waals surface area contributed by atoms with E-state index in [-0.39, 0.29) is 17.7 Å². The minimum Gasteiger partial charge on any atom is -0.366 e. The average Bonchev–Trinajstić information content (AvgIpc) is 2.65. The van der Waals surface area contributed by atoms with Crippen LogP contribution in [0.4, 0.5) is 5.95 Å². The molecule has 3 N–H and O–H groups in total. The van der Waals surface area contributed by atoms with Crippen LogP contribution in [0, 0.1) is 11.3 Å². The molecule has 0 bridgehead atoms. The maximum Gasteiger partial charge on any atom is 0.291 e. The highest BCUT2D eigenvalue weighted by atomic mass is 16.2. The highest BCUT2D eigenvalue weighted by Gasteiger charge is 2.17. The predicted octanol–water partition coefficient (Wildman–Crippen LogP) is -0.237. The average molecular weight is 208 g/mol. The number of nitrogens with two attached hydrogens (primary N) is 1. The van der Waals surface area contributed by atoms with Gasteiger partial charge in [0.2, 0.25) is 11.8 Å². The summed E-state index contributed by atoms with van der Waals surface area (Å²) in [6.45, 7) is 2.72. The number of carbonyl (C=O) groups is 1. The number of nitriles is 1. The Morgan fingerprint density at radius 3 is 2.93 bits per heavy atom. The first-order valence-corrected chi connectivity index (χ1v) is 4.53. The monoisotopic (exact) mass is 208 g/mol. The van der Waals surface area contributed by atoms with Crippen LogP contribution in [0.5, 0.6) is 0 Å². The van der Waals surface area contributed by atoms with E-state index in [9.17, 15) is 4.79 Å². The number of rotatable bonds is 4. The first kappa shape index (κ1) is 11.0. The van der Waals surface area contributed by atoms with Crippen LogP contribution in [0.3, 0.4) is 0 Å². The van der Waals surface area contributed by atoms with Gasteiger partial charge in [-0.2, -0.15) is 10.2 Å². The molecule has 1 aromatic heterocycles. The Balaban J connectivity index is 2.69. The molecule has 0 saturated heterocycles. The minimum absolute atomic E-state index is 0.0367. The summed E-state index contributed by atoms with van der Waals surface area (Å²) in [6, 6.07) is 1.98. The second-order valence-corrected chi connectivity index (χ2v) is 2.84. The van der Waals surface area contributed by atoms with Gasteiger partial charge in [-0.1, -0.05) is 0 Å². The van der Waals surface area contributed by atoms with Crippen LogP contribution < -0.4 is 5.73 Å². The lowest BCUT2D eigenvalue weighted by atomic mass is 10.3. The molecule has 1 rings (SSSR count). The van der Waals surface area contributed by atoms with E-state index < -0.39 is 0 Å². The zero-order valence-corrected chi connectivity index (χ0v) is 8.40. The van der Waals surface area contributed by atoms with Crippen molar-refractivity contribution in [1.29, 1.82) is 5.26 Å². The molecule has 80 valence electrons. The zero-order chi connectivity index (χ0) is 11.3. The number of amides is 1. The SMILES string of the molecule is CCN(CCC#N)C(=O)c1nc(N)n[nH]1. The van der Waals surface area contributed by atoms with Crippen LogP contribution in [0.2, 0.25) is 0 Å². The molecule has 0 aliphatic carbocycles. The Labute approximate surface area is 86.9 Å². The molecule has 1 aromatic rings. The topological polar surface area (TPSA) is 112 Å². The van der Waals surface area contributed by atoms with E-state index in [0.29, 0.717) is 19.5 Å². The number of anilines is 1. The van der Waals surface area contributed by atoms with Gasteiger partial charge in [0, 0.05) is 13.1 Å². The number of nitrogens with one attached hydrogen (secondary N) is 1. The summed E-state index contributed by atoms with van der Waals surface area (Å²) in [5.74, 6) is -0.154. The summed E-state index contributed by atoms with van der Waals surface area (Å²) in [4.78, 5) is 16.9. The standard InChI is InChI=1S/C8H12N6O/c1-2-14(5-3-4-9)7(15)6-11-8(10)13-12-6/h2-3,5H2,1H3,(H3,10,11,12,13). The molecule has 1 amide bonds. The fraction of sp³-hybridized carbons (Fsp3) is 0.500. The van der Waals surface area contributed by atoms with E-state index in [4.69, 9.17) is 11.0 Å². The lowest BCUT2D eigenvalue weighted by Crippen LogP contribution is -2.32. The Hall–Kier alpha value is -2.10. The Morgan fingerprint density at radius 1 is 1.73 bits per heavy atom. The first-order chi connectivity index (χ1) is 7.19. The smallest absolute Gasteiger partial charge is 0.291 e. The Bertz CT molecular complexity index is 379. The van der Waals surface area contributed by atoms with Crippen molar-refractivity contribution in [2.45, 2.75) is 13.3 Å². The van der Waals surface area contributed by atoms with Gasteiger partial charge < -0.3 is 10.6 Å². The maximum atomic E-state index is 11.7. The largest absolute Gasteiger partial charge is 0.366 e. The second-order valence-electron chi connectivity index (χ2n) is 2.84. The molecule has 0 atom stereocenters. The molecule has 0 aliphatic heterocycles. The normalized spacial score (nSPS) is 9.60. The van der Waals surface area contributed by atoms with E-state index in [1.54, 1.807) is 0 Å². The zero-order valence-electron chi connectivity index (χ0n) is 8.40. The summed E-state index contributed by atoms with van der Waals surface area (Å²) in [7, 11) is 0. The summed E-state index contributed by atoms with van der Waals surface area (Å²) < 4.78 is 0. The number of H-pyrrole nitrogens is 1. The van der Waals surface area contributed by atoms with Gasteiger partial charge in [-0.3, -0.25) is 9.89 Å². The number of nitrogens with zero attached hydrogens (tertiary/aromatic N) is 4. The van der Waals surface area contributed by atoms with Crippen molar-refractivity contribution >= 4 is 11.9 Å². The fourth-order valence-electron chi connectivity index (χ4n) is 1.11. The molecule has 0 aromatic carbocycles. The Morgan fingerprint density at radius 2 is 2.47 bits per heavy atom. The highest BCUT2D eigenvalue weighted by molar-refractivity contribution is 5.90. The molecular weight excluding hydrogens is 196 g/mol. The molecule has 1 heterocycles. The molecule has 15 heavy (non-hydrogen) atoms. The number of aromatic nitrogens is 3. The third-order valence-electron chi connectivity index (χ3n) is 1.87. The lowest BCUT2D eigenvalue weighted by Gasteiger charge is -2.17. The number of carbonyl (C=O) groups excluding carboxylic acids is 1. The third-order valence-corrected chi connectivity index (χ3v) is 1.87. The van der Waals surface area contributed by atoms with Crippen molar-refractivity contribution in [1.82, 2.24) is 20.1 Å². The fourth-order valence-corrected chi connectivity index (χ4v) is 1.11. The number of hydrogen-bond acceptors (Lipinski definition) is 5. The summed E-state index contributed by atoms with van der Waals surface area (Å²) >= 11 is 0. The summed E-state index contributed by atoms with van der Waals surface area (Å²) in [6.07, 6.45) is 0.295. The predicted molar refractivity (Wildman–Crippen MR) is 52.6 cm³/mol. The van der Waals surface area contributed by atoms with Crippen LogP contribution >= 0.6 is 0 Å². The molecule has 0 spiro atoms. The van der Waals surface area contributed by atoms with Crippen LogP contribution in [0.1, 0.15) is 24.0 Å². The third kappa shape index (κ3) is 2.67. The van der Waals surface area contributed by atoms with E-state index in [1.165, 1.54) is 4.90 Å². The molecule has 7 heteroatoms. The number of aromatic amines is 1. The maximum absolute atomic E-state index is 11.7. The van der Waals surface area contributed by atoms with Gasteiger partial charge in [0.25, 0.3) is 5.91 Å². The van der Waals surface area contributed by atoms with Crippen LogP contribution in [0.25, 0.3) is 0 Å². The van der Waals surface area contributed by atoms with Gasteiger partial charge >= 0.3 is 0 Å². The molecule has 0 saturated carbocycles. The van der Waals surface area contributed by atoms with Crippen molar-refractivity contribution in [3.8, 4) is 6.07 Å². The van der Waals surface area contributed by atoms with Crippen molar-refractivity contribution in [2.75, 3.05) is 18.8 Å². The summed E-state index contributed by atoms with van der Waals surface area (Å²) in [5, 5.41) is 14.4. The van der Waals surface area contributed by atoms with Crippen molar-refractivity contribution in [2.24, 2.45) is 0 Å². The van der Waals surface area contributed by atoms with Gasteiger partial charge in [0.05, 0.1) is 12.5 Å². The van der Waals surface area contributed by atoms with E-state index in [1.807, 2.05) is 13.0 Å². The quantitative estimate of drug-likeness (QED) is 0.709. The number of nitrogen functional groups attached to an aromatic ring is 1. The van der Waals surface area contributed by atoms with Crippen LogP contribution in [-0.4, -0.2) is 39.1 Å². The van der Waals surface area contributed by atoms with E-state index >= 15 is 0 Å². The molecule has 0 aliphatic rings. The molecular formula is C8H12N6O. The van der Waals surface area contributed by atoms with Gasteiger partial charge in [-0.05, 0) is 6.92 Å². The minimum atomic E-state index is -0.294. The van der Waals surface area contributed by atoms with Gasteiger partial charge in [-0.15, -0.1) is 5.10 Å².